The van der Waals surface area contributed by atoms with Crippen molar-refractivity contribution >= 4 is 0 Å². The molecule has 3 nitrogen and oxygen atoms in total. The summed E-state index contributed by atoms with van der Waals surface area (Å²) in [4.78, 5) is 2.30. The van der Waals surface area contributed by atoms with Crippen LogP contribution >= 0.6 is 0 Å². The second-order valence-corrected chi connectivity index (χ2v) is 6.21. The summed E-state index contributed by atoms with van der Waals surface area (Å²) in [5.74, 6) is 1.03. The minimum Gasteiger partial charge on any atom is -0.508 e. The van der Waals surface area contributed by atoms with Crippen LogP contribution in [-0.2, 0) is 0 Å². The molecule has 114 valence electrons. The lowest BCUT2D eigenvalue weighted by molar-refractivity contribution is 0.239. The molecule has 2 atom stereocenters. The Balaban J connectivity index is 2.61. The lowest BCUT2D eigenvalue weighted by Crippen LogP contribution is -2.40. The maximum absolute atomic E-state index is 9.37. The number of hydrogen-bond acceptors (Lipinski definition) is 3. The summed E-state index contributed by atoms with van der Waals surface area (Å²) in [6.07, 6.45) is 2.25. The summed E-state index contributed by atoms with van der Waals surface area (Å²) >= 11 is 0. The molecule has 2 N–H and O–H groups in total. The highest BCUT2D eigenvalue weighted by Gasteiger charge is 2.16. The number of phenolic OH excluding ortho intramolecular Hbond substituents is 1. The Labute approximate surface area is 124 Å². The third kappa shape index (κ3) is 5.51. The van der Waals surface area contributed by atoms with Gasteiger partial charge in [0, 0.05) is 18.6 Å². The molecule has 0 bridgehead atoms. The molecule has 3 heteroatoms. The first-order valence-electron chi connectivity index (χ1n) is 7.62. The number of rotatable bonds is 8. The van der Waals surface area contributed by atoms with E-state index in [-0.39, 0.29) is 0 Å². The Morgan fingerprint density at radius 3 is 2.20 bits per heavy atom. The molecule has 0 radical (unpaired) electrons. The van der Waals surface area contributed by atoms with Crippen LogP contribution in [0.5, 0.6) is 5.75 Å². The van der Waals surface area contributed by atoms with Gasteiger partial charge in [-0.05, 0) is 50.6 Å². The van der Waals surface area contributed by atoms with Gasteiger partial charge in [0.15, 0.2) is 0 Å². The Morgan fingerprint density at radius 2 is 1.75 bits per heavy atom. The van der Waals surface area contributed by atoms with E-state index in [4.69, 9.17) is 0 Å². The predicted octanol–water partition coefficient (Wildman–Crippen LogP) is 3.41. The van der Waals surface area contributed by atoms with Gasteiger partial charge in [-0.3, -0.25) is 0 Å². The van der Waals surface area contributed by atoms with E-state index in [2.05, 4.69) is 45.1 Å². The maximum Gasteiger partial charge on any atom is 0.115 e. The van der Waals surface area contributed by atoms with Crippen molar-refractivity contribution < 1.29 is 5.11 Å². The van der Waals surface area contributed by atoms with Gasteiger partial charge in [0.25, 0.3) is 0 Å². The number of benzene rings is 1. The van der Waals surface area contributed by atoms with Crippen LogP contribution in [0, 0.1) is 5.92 Å². The van der Waals surface area contributed by atoms with Gasteiger partial charge in [0.2, 0.25) is 0 Å². The molecule has 1 aromatic carbocycles. The Kier molecular flexibility index (Phi) is 7.03. The molecule has 0 spiro atoms. The molecule has 1 rings (SSSR count). The standard InChI is InChI=1S/C17H30N2O/c1-6-17(14-7-9-16(20)10-8-14)18-12-15(19(4)5)11-13(2)3/h7-10,13,15,17-18,20H,6,11-12H2,1-5H3. The Bertz CT molecular complexity index is 373. The van der Waals surface area contributed by atoms with Gasteiger partial charge >= 0.3 is 0 Å². The maximum atomic E-state index is 9.37. The highest BCUT2D eigenvalue weighted by molar-refractivity contribution is 5.27. The molecule has 20 heavy (non-hydrogen) atoms. The molecule has 0 saturated heterocycles. The Hall–Kier alpha value is -1.06. The summed E-state index contributed by atoms with van der Waals surface area (Å²) in [6.45, 7) is 7.73. The first kappa shape index (κ1) is 17.0. The van der Waals surface area contributed by atoms with Crippen LogP contribution in [0.2, 0.25) is 0 Å². The molecule has 0 amide bonds. The van der Waals surface area contributed by atoms with Gasteiger partial charge in [-0.15, -0.1) is 0 Å². The van der Waals surface area contributed by atoms with Gasteiger partial charge in [-0.2, -0.15) is 0 Å². The molecule has 0 aromatic heterocycles. The van der Waals surface area contributed by atoms with Gasteiger partial charge in [0.05, 0.1) is 0 Å². The van der Waals surface area contributed by atoms with Crippen LogP contribution in [0.3, 0.4) is 0 Å². The molecule has 2 unspecified atom stereocenters. The number of nitrogens with one attached hydrogen (secondary N) is 1. The van der Waals surface area contributed by atoms with Crippen LogP contribution in [0.25, 0.3) is 0 Å². The van der Waals surface area contributed by atoms with E-state index in [1.54, 1.807) is 12.1 Å². The number of phenols is 1. The molecular weight excluding hydrogens is 248 g/mol. The first-order valence-corrected chi connectivity index (χ1v) is 7.62. The minimum atomic E-state index is 0.328. The highest BCUT2D eigenvalue weighted by atomic mass is 16.3. The van der Waals surface area contributed by atoms with Crippen molar-refractivity contribution in [3.63, 3.8) is 0 Å². The average Bonchev–Trinajstić information content (AvgIpc) is 2.39. The third-order valence-electron chi connectivity index (χ3n) is 3.78. The zero-order valence-corrected chi connectivity index (χ0v) is 13.6. The SMILES string of the molecule is CCC(NCC(CC(C)C)N(C)C)c1ccc(O)cc1. The summed E-state index contributed by atoms with van der Waals surface area (Å²) in [6, 6.07) is 8.44. The van der Waals surface area contributed by atoms with E-state index in [0.717, 1.165) is 13.0 Å². The van der Waals surface area contributed by atoms with Crippen molar-refractivity contribution in [3.05, 3.63) is 29.8 Å². The quantitative estimate of drug-likeness (QED) is 0.765. The van der Waals surface area contributed by atoms with Gasteiger partial charge in [-0.25, -0.2) is 0 Å². The summed E-state index contributed by atoms with van der Waals surface area (Å²) in [5.41, 5.74) is 1.24. The van der Waals surface area contributed by atoms with Gasteiger partial charge in [-0.1, -0.05) is 32.9 Å². The molecule has 0 aliphatic rings. The van der Waals surface area contributed by atoms with E-state index < -0.39 is 0 Å². The molecule has 0 fully saturated rings. The van der Waals surface area contributed by atoms with E-state index in [1.165, 1.54) is 12.0 Å². The van der Waals surface area contributed by atoms with Crippen molar-refractivity contribution in [3.8, 4) is 5.75 Å². The molecule has 0 heterocycles. The second kappa shape index (κ2) is 8.28. The summed E-state index contributed by atoms with van der Waals surface area (Å²) in [7, 11) is 4.30. The fourth-order valence-electron chi connectivity index (χ4n) is 2.50. The second-order valence-electron chi connectivity index (χ2n) is 6.21. The molecule has 0 aliphatic heterocycles. The van der Waals surface area contributed by atoms with Crippen LogP contribution in [0.4, 0.5) is 0 Å². The molecular formula is C17H30N2O. The monoisotopic (exact) mass is 278 g/mol. The van der Waals surface area contributed by atoms with E-state index in [9.17, 15) is 5.11 Å². The smallest absolute Gasteiger partial charge is 0.115 e. The summed E-state index contributed by atoms with van der Waals surface area (Å²) < 4.78 is 0. The lowest BCUT2D eigenvalue weighted by Gasteiger charge is -2.28. The largest absolute Gasteiger partial charge is 0.508 e. The molecule has 0 saturated carbocycles. The van der Waals surface area contributed by atoms with Crippen LogP contribution < -0.4 is 5.32 Å². The third-order valence-corrected chi connectivity index (χ3v) is 3.78. The number of hydrogen-bond donors (Lipinski definition) is 2. The minimum absolute atomic E-state index is 0.328. The molecule has 1 aromatic rings. The first-order chi connectivity index (χ1) is 9.43. The topological polar surface area (TPSA) is 35.5 Å². The van der Waals surface area contributed by atoms with E-state index >= 15 is 0 Å². The average molecular weight is 278 g/mol. The van der Waals surface area contributed by atoms with Crippen molar-refractivity contribution in [1.29, 1.82) is 0 Å². The fraction of sp³-hybridized carbons (Fsp3) is 0.647. The zero-order valence-electron chi connectivity index (χ0n) is 13.6. The van der Waals surface area contributed by atoms with Crippen molar-refractivity contribution in [2.75, 3.05) is 20.6 Å². The highest BCUT2D eigenvalue weighted by Crippen LogP contribution is 2.20. The number of nitrogens with zero attached hydrogens (tertiary/aromatic N) is 1. The number of likely N-dealkylation sites (N-methyl/N-ethyl adjacent to an activating group) is 1. The van der Waals surface area contributed by atoms with Crippen molar-refractivity contribution in [2.24, 2.45) is 5.92 Å². The Morgan fingerprint density at radius 1 is 1.15 bits per heavy atom. The van der Waals surface area contributed by atoms with Gasteiger partial charge in [0.1, 0.15) is 5.75 Å². The zero-order chi connectivity index (χ0) is 15.1. The van der Waals surface area contributed by atoms with Crippen LogP contribution in [0.15, 0.2) is 24.3 Å². The predicted molar refractivity (Wildman–Crippen MR) is 86.1 cm³/mol. The van der Waals surface area contributed by atoms with E-state index in [1.807, 2.05) is 12.1 Å². The fourth-order valence-corrected chi connectivity index (χ4v) is 2.50. The normalized spacial score (nSPS) is 14.8. The lowest BCUT2D eigenvalue weighted by atomic mass is 10.0. The van der Waals surface area contributed by atoms with Crippen LogP contribution in [-0.4, -0.2) is 36.7 Å². The van der Waals surface area contributed by atoms with Crippen molar-refractivity contribution in [1.82, 2.24) is 10.2 Å². The van der Waals surface area contributed by atoms with Gasteiger partial charge < -0.3 is 15.3 Å². The molecule has 0 aliphatic carbocycles. The van der Waals surface area contributed by atoms with E-state index in [0.29, 0.717) is 23.8 Å². The van der Waals surface area contributed by atoms with Crippen molar-refractivity contribution in [2.45, 2.75) is 45.7 Å². The summed E-state index contributed by atoms with van der Waals surface area (Å²) in [5, 5.41) is 13.0. The number of aromatic hydroxyl groups is 1. The van der Waals surface area contributed by atoms with Crippen LogP contribution in [0.1, 0.15) is 45.2 Å².